The first-order valence-corrected chi connectivity index (χ1v) is 9.06. The molecule has 1 amide bonds. The molecular formula is C20H27N5O2. The smallest absolute Gasteiger partial charge is 0.252 e. The lowest BCUT2D eigenvalue weighted by atomic mass is 10.3. The van der Waals surface area contributed by atoms with Crippen LogP contribution in [0.5, 0.6) is 5.75 Å². The van der Waals surface area contributed by atoms with Gasteiger partial charge in [-0.3, -0.25) is 14.8 Å². The van der Waals surface area contributed by atoms with Gasteiger partial charge >= 0.3 is 0 Å². The summed E-state index contributed by atoms with van der Waals surface area (Å²) in [6, 6.07) is 13.2. The van der Waals surface area contributed by atoms with Crippen LogP contribution in [0.15, 0.2) is 59.9 Å². The number of amides is 1. The largest absolute Gasteiger partial charge is 0.492 e. The number of rotatable bonds is 9. The Kier molecular flexibility index (Phi) is 8.62. The SMILES string of the molecule is CCNC(=NCCNC(=O)c1cccnc1)N(C)CCOc1ccccc1. The summed E-state index contributed by atoms with van der Waals surface area (Å²) < 4.78 is 5.72. The molecule has 0 spiro atoms. The maximum Gasteiger partial charge on any atom is 0.252 e. The zero-order valence-electron chi connectivity index (χ0n) is 15.9. The van der Waals surface area contributed by atoms with Gasteiger partial charge in [-0.2, -0.15) is 0 Å². The Morgan fingerprint density at radius 3 is 2.70 bits per heavy atom. The van der Waals surface area contributed by atoms with Crippen molar-refractivity contribution < 1.29 is 9.53 Å². The second-order valence-corrected chi connectivity index (χ2v) is 5.82. The number of pyridine rings is 1. The van der Waals surface area contributed by atoms with E-state index in [4.69, 9.17) is 4.74 Å². The van der Waals surface area contributed by atoms with Crippen molar-refractivity contribution >= 4 is 11.9 Å². The molecule has 7 heteroatoms. The average Bonchev–Trinajstić information content (AvgIpc) is 2.71. The molecule has 144 valence electrons. The number of aliphatic imine (C=N–C) groups is 1. The highest BCUT2D eigenvalue weighted by Crippen LogP contribution is 2.07. The van der Waals surface area contributed by atoms with E-state index in [0.29, 0.717) is 31.8 Å². The predicted octanol–water partition coefficient (Wildman–Crippen LogP) is 1.79. The molecule has 0 atom stereocenters. The summed E-state index contributed by atoms with van der Waals surface area (Å²) in [5, 5.41) is 6.09. The number of hydrogen-bond acceptors (Lipinski definition) is 4. The lowest BCUT2D eigenvalue weighted by Gasteiger charge is -2.22. The Balaban J connectivity index is 1.75. The number of carbonyl (C=O) groups excluding carboxylic acids is 1. The Bertz CT molecular complexity index is 707. The number of nitrogens with one attached hydrogen (secondary N) is 2. The second kappa shape index (κ2) is 11.5. The van der Waals surface area contributed by atoms with Crippen molar-refractivity contribution in [2.45, 2.75) is 6.92 Å². The minimum atomic E-state index is -0.145. The van der Waals surface area contributed by atoms with Gasteiger partial charge in [0, 0.05) is 32.5 Å². The quantitative estimate of drug-likeness (QED) is 0.400. The highest BCUT2D eigenvalue weighted by Gasteiger charge is 2.07. The van der Waals surface area contributed by atoms with Crippen LogP contribution in [0.3, 0.4) is 0 Å². The van der Waals surface area contributed by atoms with Gasteiger partial charge in [0.1, 0.15) is 12.4 Å². The van der Waals surface area contributed by atoms with E-state index < -0.39 is 0 Å². The van der Waals surface area contributed by atoms with Crippen LogP contribution in [0.25, 0.3) is 0 Å². The van der Waals surface area contributed by atoms with Crippen LogP contribution in [-0.4, -0.2) is 61.6 Å². The fourth-order valence-electron chi connectivity index (χ4n) is 2.32. The van der Waals surface area contributed by atoms with Gasteiger partial charge in [0.05, 0.1) is 18.7 Å². The number of carbonyl (C=O) groups is 1. The van der Waals surface area contributed by atoms with E-state index in [2.05, 4.69) is 20.6 Å². The number of para-hydroxylation sites is 1. The van der Waals surface area contributed by atoms with E-state index in [1.807, 2.05) is 49.2 Å². The van der Waals surface area contributed by atoms with Gasteiger partial charge < -0.3 is 20.3 Å². The summed E-state index contributed by atoms with van der Waals surface area (Å²) in [6.07, 6.45) is 3.18. The van der Waals surface area contributed by atoms with Gasteiger partial charge in [0.2, 0.25) is 0 Å². The van der Waals surface area contributed by atoms with E-state index in [1.165, 1.54) is 0 Å². The second-order valence-electron chi connectivity index (χ2n) is 5.82. The van der Waals surface area contributed by atoms with E-state index in [1.54, 1.807) is 24.5 Å². The first-order valence-electron chi connectivity index (χ1n) is 9.06. The zero-order valence-corrected chi connectivity index (χ0v) is 15.9. The molecule has 0 bridgehead atoms. The normalized spacial score (nSPS) is 11.0. The van der Waals surface area contributed by atoms with Crippen molar-refractivity contribution in [2.75, 3.05) is 39.8 Å². The zero-order chi connectivity index (χ0) is 19.3. The molecule has 27 heavy (non-hydrogen) atoms. The summed E-state index contributed by atoms with van der Waals surface area (Å²) >= 11 is 0. The maximum absolute atomic E-state index is 12.0. The number of likely N-dealkylation sites (N-methyl/N-ethyl adjacent to an activating group) is 1. The van der Waals surface area contributed by atoms with Crippen molar-refractivity contribution in [3.05, 3.63) is 60.4 Å². The van der Waals surface area contributed by atoms with Crippen LogP contribution < -0.4 is 15.4 Å². The van der Waals surface area contributed by atoms with E-state index in [0.717, 1.165) is 18.3 Å². The number of hydrogen-bond donors (Lipinski definition) is 2. The Hall–Kier alpha value is -3.09. The van der Waals surface area contributed by atoms with Gasteiger partial charge in [-0.25, -0.2) is 0 Å². The summed E-state index contributed by atoms with van der Waals surface area (Å²) in [6.45, 7) is 4.99. The first kappa shape index (κ1) is 20.2. The standard InChI is InChI=1S/C20H27N5O2/c1-3-22-20(25(2)14-15-27-18-9-5-4-6-10-18)24-13-12-23-19(26)17-8-7-11-21-16-17/h4-11,16H,3,12-15H2,1-2H3,(H,22,24)(H,23,26). The van der Waals surface area contributed by atoms with Gasteiger partial charge in [-0.05, 0) is 31.2 Å². The van der Waals surface area contributed by atoms with Gasteiger partial charge in [-0.15, -0.1) is 0 Å². The van der Waals surface area contributed by atoms with E-state index in [-0.39, 0.29) is 5.91 Å². The molecule has 0 unspecified atom stereocenters. The molecule has 1 heterocycles. The molecule has 0 saturated carbocycles. The van der Waals surface area contributed by atoms with Crippen molar-refractivity contribution in [3.8, 4) is 5.75 Å². The lowest BCUT2D eigenvalue weighted by molar-refractivity contribution is 0.0954. The number of guanidine groups is 1. The minimum Gasteiger partial charge on any atom is -0.492 e. The Morgan fingerprint density at radius 1 is 1.19 bits per heavy atom. The van der Waals surface area contributed by atoms with Gasteiger partial charge in [0.25, 0.3) is 5.91 Å². The molecular weight excluding hydrogens is 342 g/mol. The topological polar surface area (TPSA) is 78.8 Å². The predicted molar refractivity (Wildman–Crippen MR) is 107 cm³/mol. The van der Waals surface area contributed by atoms with Crippen LogP contribution in [0.1, 0.15) is 17.3 Å². The van der Waals surface area contributed by atoms with Crippen molar-refractivity contribution in [2.24, 2.45) is 4.99 Å². The third kappa shape index (κ3) is 7.35. The van der Waals surface area contributed by atoms with E-state index >= 15 is 0 Å². The molecule has 0 aliphatic rings. The van der Waals surface area contributed by atoms with Gasteiger partial charge in [-0.1, -0.05) is 18.2 Å². The molecule has 0 radical (unpaired) electrons. The van der Waals surface area contributed by atoms with Crippen molar-refractivity contribution in [1.82, 2.24) is 20.5 Å². The molecule has 0 fully saturated rings. The first-order chi connectivity index (χ1) is 13.2. The van der Waals surface area contributed by atoms with Crippen LogP contribution in [-0.2, 0) is 0 Å². The van der Waals surface area contributed by atoms with Crippen molar-refractivity contribution in [1.29, 1.82) is 0 Å². The number of ether oxygens (including phenoxy) is 1. The molecule has 1 aromatic carbocycles. The average molecular weight is 369 g/mol. The summed E-state index contributed by atoms with van der Waals surface area (Å²) in [7, 11) is 1.96. The fourth-order valence-corrected chi connectivity index (χ4v) is 2.32. The van der Waals surface area contributed by atoms with Crippen LogP contribution >= 0.6 is 0 Å². The molecule has 2 rings (SSSR count). The van der Waals surface area contributed by atoms with Crippen LogP contribution in [0.2, 0.25) is 0 Å². The fraction of sp³-hybridized carbons (Fsp3) is 0.350. The highest BCUT2D eigenvalue weighted by molar-refractivity contribution is 5.93. The molecule has 2 aromatic rings. The molecule has 1 aromatic heterocycles. The summed E-state index contributed by atoms with van der Waals surface area (Å²) in [4.78, 5) is 22.5. The van der Waals surface area contributed by atoms with Crippen LogP contribution in [0.4, 0.5) is 0 Å². The monoisotopic (exact) mass is 369 g/mol. The number of aromatic nitrogens is 1. The highest BCUT2D eigenvalue weighted by atomic mass is 16.5. The van der Waals surface area contributed by atoms with E-state index in [9.17, 15) is 4.79 Å². The summed E-state index contributed by atoms with van der Waals surface area (Å²) in [5.41, 5.74) is 0.545. The van der Waals surface area contributed by atoms with Crippen LogP contribution in [0, 0.1) is 0 Å². The Morgan fingerprint density at radius 2 is 2.00 bits per heavy atom. The molecule has 0 saturated heterocycles. The maximum atomic E-state index is 12.0. The Labute approximate surface area is 160 Å². The lowest BCUT2D eigenvalue weighted by Crippen LogP contribution is -2.41. The molecule has 0 aliphatic carbocycles. The van der Waals surface area contributed by atoms with Crippen molar-refractivity contribution in [3.63, 3.8) is 0 Å². The summed E-state index contributed by atoms with van der Waals surface area (Å²) in [5.74, 6) is 1.49. The number of benzene rings is 1. The molecule has 7 nitrogen and oxygen atoms in total. The number of nitrogens with zero attached hydrogens (tertiary/aromatic N) is 3. The third-order valence-corrected chi connectivity index (χ3v) is 3.72. The molecule has 2 N–H and O–H groups in total. The molecule has 0 aliphatic heterocycles. The minimum absolute atomic E-state index is 0.145. The third-order valence-electron chi connectivity index (χ3n) is 3.72. The van der Waals surface area contributed by atoms with Gasteiger partial charge in [0.15, 0.2) is 5.96 Å².